The molecule has 0 aliphatic carbocycles. The van der Waals surface area contributed by atoms with Crippen molar-refractivity contribution in [1.82, 2.24) is 15.3 Å². The summed E-state index contributed by atoms with van der Waals surface area (Å²) in [6.07, 6.45) is 0.870. The number of halogens is 3. The number of hydrogen-bond acceptors (Lipinski definition) is 6. The highest BCUT2D eigenvalue weighted by atomic mass is 19.3. The number of carbonyl (C=O) groups is 1. The average molecular weight is 505 g/mol. The fourth-order valence-electron chi connectivity index (χ4n) is 3.75. The number of aromatic amines is 1. The third-order valence-corrected chi connectivity index (χ3v) is 5.73. The summed E-state index contributed by atoms with van der Waals surface area (Å²) in [5.41, 5.74) is 1.94. The van der Waals surface area contributed by atoms with Crippen molar-refractivity contribution >= 4 is 17.3 Å². The molecular formula is C25H27F3N4O4. The van der Waals surface area contributed by atoms with E-state index in [-0.39, 0.29) is 24.0 Å². The molecule has 0 atom stereocenters. The van der Waals surface area contributed by atoms with Gasteiger partial charge in [0.2, 0.25) is 0 Å². The van der Waals surface area contributed by atoms with Gasteiger partial charge in [-0.2, -0.15) is 0 Å². The lowest BCUT2D eigenvalue weighted by Crippen LogP contribution is -2.31. The fraction of sp³-hybridized carbons (Fsp3) is 0.360. The molecule has 1 aliphatic heterocycles. The lowest BCUT2D eigenvalue weighted by molar-refractivity contribution is -0.0146. The van der Waals surface area contributed by atoms with E-state index in [0.29, 0.717) is 46.9 Å². The van der Waals surface area contributed by atoms with Gasteiger partial charge in [-0.25, -0.2) is 13.2 Å². The Morgan fingerprint density at radius 1 is 1.22 bits per heavy atom. The molecule has 2 aromatic heterocycles. The number of nitrogens with zero attached hydrogens (tertiary/aromatic N) is 1. The number of alkyl halides is 2. The van der Waals surface area contributed by atoms with Crippen molar-refractivity contribution in [1.29, 1.82) is 0 Å². The number of ether oxygens (including phenoxy) is 3. The molecule has 36 heavy (non-hydrogen) atoms. The predicted octanol–water partition coefficient (Wildman–Crippen LogP) is 4.69. The smallest absolute Gasteiger partial charge is 0.272 e. The number of para-hydroxylation sites is 1. The number of amides is 1. The Kier molecular flexibility index (Phi) is 7.39. The minimum absolute atomic E-state index is 0.0918. The molecule has 0 saturated carbocycles. The molecule has 192 valence electrons. The Bertz CT molecular complexity index is 1250. The zero-order valence-corrected chi connectivity index (χ0v) is 20.1. The molecule has 1 aromatic carbocycles. The Balaban J connectivity index is 1.80. The number of pyridine rings is 1. The van der Waals surface area contributed by atoms with Crippen molar-refractivity contribution in [2.75, 3.05) is 32.2 Å². The van der Waals surface area contributed by atoms with Gasteiger partial charge in [0, 0.05) is 37.5 Å². The van der Waals surface area contributed by atoms with Crippen molar-refractivity contribution in [3.8, 4) is 22.8 Å². The Morgan fingerprint density at radius 2 is 2.03 bits per heavy atom. The van der Waals surface area contributed by atoms with Crippen molar-refractivity contribution in [3.05, 3.63) is 53.7 Å². The second-order valence-electron chi connectivity index (χ2n) is 8.80. The molecule has 3 N–H and O–H groups in total. The van der Waals surface area contributed by atoms with Gasteiger partial charge in [-0.1, -0.05) is 6.07 Å². The van der Waals surface area contributed by atoms with Crippen molar-refractivity contribution in [2.24, 2.45) is 0 Å². The lowest BCUT2D eigenvalue weighted by atomic mass is 10.0. The molecule has 1 aliphatic rings. The first-order valence-electron chi connectivity index (χ1n) is 11.3. The summed E-state index contributed by atoms with van der Waals surface area (Å²) in [4.78, 5) is 20.3. The summed E-state index contributed by atoms with van der Waals surface area (Å²) in [5, 5.41) is 5.85. The van der Waals surface area contributed by atoms with Gasteiger partial charge in [-0.15, -0.1) is 0 Å². The minimum atomic E-state index is -2.79. The van der Waals surface area contributed by atoms with Crippen LogP contribution in [0.15, 0.2) is 36.7 Å². The monoisotopic (exact) mass is 504 g/mol. The zero-order chi connectivity index (χ0) is 25.9. The number of anilines is 2. The molecule has 0 bridgehead atoms. The van der Waals surface area contributed by atoms with Crippen LogP contribution in [0.5, 0.6) is 11.5 Å². The number of methoxy groups -OCH3 is 1. The average Bonchev–Trinajstić information content (AvgIpc) is 3.22. The van der Waals surface area contributed by atoms with Crippen LogP contribution in [0.1, 0.15) is 29.9 Å². The molecule has 0 radical (unpaired) electrons. The first-order valence-corrected chi connectivity index (χ1v) is 11.3. The topological polar surface area (TPSA) is 97.5 Å². The van der Waals surface area contributed by atoms with Gasteiger partial charge >= 0.3 is 0 Å². The molecule has 11 heteroatoms. The molecule has 0 spiro atoms. The molecule has 0 unspecified atom stereocenters. The highest BCUT2D eigenvalue weighted by Gasteiger charge is 2.29. The van der Waals surface area contributed by atoms with Crippen LogP contribution in [0.4, 0.5) is 24.5 Å². The van der Waals surface area contributed by atoms with Gasteiger partial charge in [-0.3, -0.25) is 9.78 Å². The van der Waals surface area contributed by atoms with E-state index < -0.39 is 24.5 Å². The van der Waals surface area contributed by atoms with E-state index in [9.17, 15) is 18.0 Å². The number of hydrogen-bond donors (Lipinski definition) is 3. The molecule has 8 nitrogen and oxygen atoms in total. The first kappa shape index (κ1) is 25.4. The van der Waals surface area contributed by atoms with Gasteiger partial charge in [0.25, 0.3) is 12.3 Å². The van der Waals surface area contributed by atoms with E-state index in [4.69, 9.17) is 14.2 Å². The zero-order valence-electron chi connectivity index (χ0n) is 20.1. The normalized spacial score (nSPS) is 13.4. The number of aromatic nitrogens is 2. The van der Waals surface area contributed by atoms with Crippen molar-refractivity contribution in [3.63, 3.8) is 0 Å². The standard InChI is InChI=1S/C25H27F3N4O4/c1-25(2,34-3)13-36-18-11-29-9-7-14(18)21-22(20-16(31-21)8-10-30-24(20)33)32-17-6-4-5-15(26)23(17)35-12-19(27)28/h4-7,9,11,19,31-32H,8,10,12-13H2,1-3H3,(H,30,33). The maximum atomic E-state index is 14.5. The second-order valence-corrected chi connectivity index (χ2v) is 8.80. The van der Waals surface area contributed by atoms with Gasteiger partial charge in [0.15, 0.2) is 11.6 Å². The molecule has 0 fully saturated rings. The van der Waals surface area contributed by atoms with Crippen molar-refractivity contribution in [2.45, 2.75) is 32.3 Å². The molecule has 4 rings (SSSR count). The molecule has 1 amide bonds. The van der Waals surface area contributed by atoms with Crippen molar-refractivity contribution < 1.29 is 32.2 Å². The molecular weight excluding hydrogens is 477 g/mol. The van der Waals surface area contributed by atoms with Crippen LogP contribution in [0.3, 0.4) is 0 Å². The summed E-state index contributed by atoms with van der Waals surface area (Å²) in [6, 6.07) is 5.73. The predicted molar refractivity (Wildman–Crippen MR) is 128 cm³/mol. The highest BCUT2D eigenvalue weighted by molar-refractivity contribution is 6.06. The van der Waals surface area contributed by atoms with E-state index in [0.717, 1.165) is 6.07 Å². The van der Waals surface area contributed by atoms with E-state index in [1.807, 2.05) is 13.8 Å². The van der Waals surface area contributed by atoms with E-state index in [2.05, 4.69) is 20.6 Å². The second kappa shape index (κ2) is 10.5. The fourth-order valence-corrected chi connectivity index (χ4v) is 3.75. The van der Waals surface area contributed by atoms with Crippen LogP contribution in [-0.2, 0) is 11.2 Å². The Morgan fingerprint density at radius 3 is 2.78 bits per heavy atom. The van der Waals surface area contributed by atoms with Crippen LogP contribution in [-0.4, -0.2) is 54.8 Å². The summed E-state index contributed by atoms with van der Waals surface area (Å²) in [7, 11) is 1.58. The van der Waals surface area contributed by atoms with Gasteiger partial charge in [0.05, 0.1) is 34.4 Å². The molecule has 3 heterocycles. The first-order chi connectivity index (χ1) is 17.2. The van der Waals surface area contributed by atoms with Crippen LogP contribution in [0.25, 0.3) is 11.3 Å². The third-order valence-electron chi connectivity index (χ3n) is 5.73. The van der Waals surface area contributed by atoms with Gasteiger partial charge < -0.3 is 29.8 Å². The van der Waals surface area contributed by atoms with Gasteiger partial charge in [-0.05, 0) is 32.0 Å². The maximum Gasteiger partial charge on any atom is 0.272 e. The number of benzene rings is 1. The summed E-state index contributed by atoms with van der Waals surface area (Å²) in [6.45, 7) is 3.43. The number of carbonyl (C=O) groups excluding carboxylic acids is 1. The number of H-pyrrole nitrogens is 1. The minimum Gasteiger partial charge on any atom is -0.488 e. The maximum absolute atomic E-state index is 14.5. The highest BCUT2D eigenvalue weighted by Crippen LogP contribution is 2.42. The van der Waals surface area contributed by atoms with Crippen LogP contribution < -0.4 is 20.1 Å². The summed E-state index contributed by atoms with van der Waals surface area (Å²) < 4.78 is 56.6. The van der Waals surface area contributed by atoms with E-state index in [1.165, 1.54) is 12.1 Å². The molecule has 0 saturated heterocycles. The SMILES string of the molecule is COC(C)(C)COc1cnccc1-c1[nH]c2c(c1Nc1cccc(F)c1OCC(F)F)C(=O)NCC2. The Hall–Kier alpha value is -3.73. The largest absolute Gasteiger partial charge is 0.488 e. The number of rotatable bonds is 10. The number of fused-ring (bicyclic) bond motifs is 1. The third kappa shape index (κ3) is 5.40. The summed E-state index contributed by atoms with van der Waals surface area (Å²) in [5.74, 6) is -1.09. The van der Waals surface area contributed by atoms with Gasteiger partial charge in [0.1, 0.15) is 19.0 Å². The van der Waals surface area contributed by atoms with Crippen LogP contribution in [0, 0.1) is 5.82 Å². The van der Waals surface area contributed by atoms with Crippen LogP contribution in [0.2, 0.25) is 0 Å². The quantitative estimate of drug-likeness (QED) is 0.371. The Labute approximate surface area is 206 Å². The molecule has 3 aromatic rings. The van der Waals surface area contributed by atoms with E-state index >= 15 is 0 Å². The number of nitrogens with one attached hydrogen (secondary N) is 3. The van der Waals surface area contributed by atoms with E-state index in [1.54, 1.807) is 25.6 Å². The van der Waals surface area contributed by atoms with Crippen LogP contribution >= 0.6 is 0 Å². The lowest BCUT2D eigenvalue weighted by Gasteiger charge is -2.23. The summed E-state index contributed by atoms with van der Waals surface area (Å²) >= 11 is 0.